The van der Waals surface area contributed by atoms with Gasteiger partial charge < -0.3 is 5.73 Å². The van der Waals surface area contributed by atoms with E-state index in [9.17, 15) is 8.42 Å². The van der Waals surface area contributed by atoms with Gasteiger partial charge in [-0.05, 0) is 37.6 Å². The fraction of sp³-hybridized carbons (Fsp3) is 0.400. The maximum atomic E-state index is 11.9. The number of halogens is 2. The molecule has 1 aromatic carbocycles. The molecule has 1 rings (SSSR count). The highest BCUT2D eigenvalue weighted by molar-refractivity contribution is 9.10. The molecule has 1 aromatic rings. The topological polar surface area (TPSA) is 72.2 Å². The van der Waals surface area contributed by atoms with Gasteiger partial charge in [-0.2, -0.15) is 0 Å². The fourth-order valence-electron chi connectivity index (χ4n) is 1.24. The second-order valence-electron chi connectivity index (χ2n) is 3.72. The van der Waals surface area contributed by atoms with E-state index in [-0.39, 0.29) is 29.9 Å². The van der Waals surface area contributed by atoms with Crippen LogP contribution in [0.15, 0.2) is 27.6 Å². The van der Waals surface area contributed by atoms with Crippen molar-refractivity contribution in [3.63, 3.8) is 0 Å². The lowest BCUT2D eigenvalue weighted by molar-refractivity contribution is 0.562. The molecule has 0 unspecified atom stereocenters. The Hall–Kier alpha value is -0.140. The zero-order valence-corrected chi connectivity index (χ0v) is 12.8. The van der Waals surface area contributed by atoms with Crippen LogP contribution in [0.25, 0.3) is 0 Å². The normalized spacial score (nSPS) is 12.9. The zero-order chi connectivity index (χ0) is 12.3. The standard InChI is InChI=1S/C10H15BrN2O2S.ClH/c1-7-3-9(11)5-10(4-7)16(14,15)13-8(2)6-12;/h3-5,8,13H,6,12H2,1-2H3;1H/t8-;/m0./s1. The number of nitrogens with two attached hydrogens (primary N) is 1. The molecule has 0 radical (unpaired) electrons. The molecule has 0 spiro atoms. The van der Waals surface area contributed by atoms with Crippen molar-refractivity contribution in [3.05, 3.63) is 28.2 Å². The van der Waals surface area contributed by atoms with E-state index in [0.717, 1.165) is 10.0 Å². The molecule has 0 bridgehead atoms. The molecule has 0 aliphatic rings. The summed E-state index contributed by atoms with van der Waals surface area (Å²) in [6, 6.07) is 4.77. The maximum absolute atomic E-state index is 11.9. The van der Waals surface area contributed by atoms with Gasteiger partial charge in [0.2, 0.25) is 10.0 Å². The lowest BCUT2D eigenvalue weighted by Crippen LogP contribution is -2.37. The monoisotopic (exact) mass is 342 g/mol. The summed E-state index contributed by atoms with van der Waals surface area (Å²) >= 11 is 3.27. The maximum Gasteiger partial charge on any atom is 0.240 e. The van der Waals surface area contributed by atoms with Crippen LogP contribution in [-0.4, -0.2) is 21.0 Å². The Labute approximate surface area is 117 Å². The molecule has 0 aliphatic carbocycles. The minimum absolute atomic E-state index is 0. The zero-order valence-electron chi connectivity index (χ0n) is 9.60. The minimum atomic E-state index is -3.48. The van der Waals surface area contributed by atoms with E-state index < -0.39 is 10.0 Å². The molecule has 4 nitrogen and oxygen atoms in total. The molecule has 0 amide bonds. The van der Waals surface area contributed by atoms with Crippen molar-refractivity contribution in [1.82, 2.24) is 4.72 Å². The predicted octanol–water partition coefficient (Wildman–Crippen LogP) is 1.80. The van der Waals surface area contributed by atoms with Crippen LogP contribution in [0.3, 0.4) is 0 Å². The Balaban J connectivity index is 0.00000256. The second-order valence-corrected chi connectivity index (χ2v) is 6.35. The van der Waals surface area contributed by atoms with Gasteiger partial charge in [0, 0.05) is 17.1 Å². The predicted molar refractivity (Wildman–Crippen MR) is 75.0 cm³/mol. The summed E-state index contributed by atoms with van der Waals surface area (Å²) < 4.78 is 27.1. The van der Waals surface area contributed by atoms with Gasteiger partial charge in [-0.25, -0.2) is 13.1 Å². The van der Waals surface area contributed by atoms with Gasteiger partial charge >= 0.3 is 0 Å². The summed E-state index contributed by atoms with van der Waals surface area (Å²) in [6.07, 6.45) is 0. The third-order valence-corrected chi connectivity index (χ3v) is 4.06. The lowest BCUT2D eigenvalue weighted by Gasteiger charge is -2.12. The van der Waals surface area contributed by atoms with E-state index in [1.54, 1.807) is 19.1 Å². The highest BCUT2D eigenvalue weighted by Gasteiger charge is 2.17. The molecule has 7 heteroatoms. The quantitative estimate of drug-likeness (QED) is 0.875. The summed E-state index contributed by atoms with van der Waals surface area (Å²) in [5.41, 5.74) is 6.27. The van der Waals surface area contributed by atoms with Crippen LogP contribution in [0, 0.1) is 6.92 Å². The van der Waals surface area contributed by atoms with Crippen molar-refractivity contribution in [3.8, 4) is 0 Å². The molecule has 3 N–H and O–H groups in total. The van der Waals surface area contributed by atoms with Crippen molar-refractivity contribution in [2.24, 2.45) is 5.73 Å². The van der Waals surface area contributed by atoms with E-state index in [1.165, 1.54) is 0 Å². The first kappa shape index (κ1) is 16.9. The molecular formula is C10H16BrClN2O2S. The second kappa shape index (κ2) is 6.70. The summed E-state index contributed by atoms with van der Waals surface area (Å²) in [4.78, 5) is 0.250. The summed E-state index contributed by atoms with van der Waals surface area (Å²) in [7, 11) is -3.48. The van der Waals surface area contributed by atoms with Gasteiger partial charge in [0.05, 0.1) is 4.90 Å². The Morgan fingerprint density at radius 2 is 2.00 bits per heavy atom. The van der Waals surface area contributed by atoms with E-state index in [2.05, 4.69) is 20.7 Å². The van der Waals surface area contributed by atoms with Crippen LogP contribution in [0.5, 0.6) is 0 Å². The molecular weight excluding hydrogens is 328 g/mol. The van der Waals surface area contributed by atoms with Gasteiger partial charge in [-0.3, -0.25) is 0 Å². The molecule has 0 saturated carbocycles. The Morgan fingerprint density at radius 1 is 1.41 bits per heavy atom. The van der Waals surface area contributed by atoms with Gasteiger partial charge in [0.25, 0.3) is 0 Å². The van der Waals surface area contributed by atoms with Crippen molar-refractivity contribution < 1.29 is 8.42 Å². The Bertz CT molecular complexity index is 459. The Morgan fingerprint density at radius 3 is 2.47 bits per heavy atom. The first-order chi connectivity index (χ1) is 7.35. The van der Waals surface area contributed by atoms with Crippen LogP contribution in [0.4, 0.5) is 0 Å². The summed E-state index contributed by atoms with van der Waals surface area (Å²) in [5.74, 6) is 0. The van der Waals surface area contributed by atoms with E-state index in [1.807, 2.05) is 13.0 Å². The van der Waals surface area contributed by atoms with Crippen molar-refractivity contribution in [2.75, 3.05) is 6.54 Å². The highest BCUT2D eigenvalue weighted by Crippen LogP contribution is 2.19. The van der Waals surface area contributed by atoms with Crippen molar-refractivity contribution in [1.29, 1.82) is 0 Å². The molecule has 0 aliphatic heterocycles. The molecule has 0 fully saturated rings. The van der Waals surface area contributed by atoms with Gasteiger partial charge in [-0.15, -0.1) is 12.4 Å². The SMILES string of the molecule is Cc1cc(Br)cc(S(=O)(=O)N[C@@H](C)CN)c1.Cl. The number of hydrogen-bond acceptors (Lipinski definition) is 3. The number of benzene rings is 1. The van der Waals surface area contributed by atoms with Crippen LogP contribution in [0.2, 0.25) is 0 Å². The van der Waals surface area contributed by atoms with Crippen molar-refractivity contribution >= 4 is 38.4 Å². The third-order valence-electron chi connectivity index (χ3n) is 2.04. The Kier molecular flexibility index (Phi) is 6.65. The summed E-state index contributed by atoms with van der Waals surface area (Å²) in [6.45, 7) is 3.84. The van der Waals surface area contributed by atoms with Gasteiger partial charge in [0.1, 0.15) is 0 Å². The molecule has 0 aromatic heterocycles. The van der Waals surface area contributed by atoms with Crippen LogP contribution in [0.1, 0.15) is 12.5 Å². The number of sulfonamides is 1. The van der Waals surface area contributed by atoms with Crippen LogP contribution in [-0.2, 0) is 10.0 Å². The largest absolute Gasteiger partial charge is 0.329 e. The van der Waals surface area contributed by atoms with Gasteiger partial charge in [0.15, 0.2) is 0 Å². The molecule has 17 heavy (non-hydrogen) atoms. The van der Waals surface area contributed by atoms with E-state index in [4.69, 9.17) is 5.73 Å². The average molecular weight is 344 g/mol. The van der Waals surface area contributed by atoms with Gasteiger partial charge in [-0.1, -0.05) is 15.9 Å². The molecule has 0 saturated heterocycles. The van der Waals surface area contributed by atoms with E-state index in [0.29, 0.717) is 0 Å². The van der Waals surface area contributed by atoms with Crippen molar-refractivity contribution in [2.45, 2.75) is 24.8 Å². The third kappa shape index (κ3) is 4.93. The first-order valence-corrected chi connectivity index (χ1v) is 7.12. The minimum Gasteiger partial charge on any atom is -0.329 e. The number of nitrogens with one attached hydrogen (secondary N) is 1. The van der Waals surface area contributed by atoms with Crippen LogP contribution >= 0.6 is 28.3 Å². The fourth-order valence-corrected chi connectivity index (χ4v) is 3.38. The number of rotatable bonds is 4. The number of hydrogen-bond donors (Lipinski definition) is 2. The summed E-state index contributed by atoms with van der Waals surface area (Å²) in [5, 5.41) is 0. The molecule has 0 heterocycles. The molecule has 1 atom stereocenters. The molecule has 98 valence electrons. The average Bonchev–Trinajstić information content (AvgIpc) is 2.15. The highest BCUT2D eigenvalue weighted by atomic mass is 79.9. The van der Waals surface area contributed by atoms with Crippen LogP contribution < -0.4 is 10.5 Å². The first-order valence-electron chi connectivity index (χ1n) is 4.85. The van der Waals surface area contributed by atoms with E-state index >= 15 is 0 Å². The number of aryl methyl sites for hydroxylation is 1. The lowest BCUT2D eigenvalue weighted by atomic mass is 10.2. The smallest absolute Gasteiger partial charge is 0.240 e.